The van der Waals surface area contributed by atoms with Crippen molar-refractivity contribution in [1.82, 2.24) is 0 Å². The Morgan fingerprint density at radius 1 is 1.16 bits per heavy atom. The molecular formula is C16H18BrNS. The maximum Gasteiger partial charge on any atom is 0.0701 e. The molecule has 0 saturated carbocycles. The third-order valence-corrected chi connectivity index (χ3v) is 5.61. The quantitative estimate of drug-likeness (QED) is 0.795. The smallest absolute Gasteiger partial charge is 0.0701 e. The molecule has 1 aliphatic rings. The highest BCUT2D eigenvalue weighted by atomic mass is 79.9. The number of hydrogen-bond acceptors (Lipinski definition) is 2. The fraction of sp³-hybridized carbons (Fsp3) is 0.375. The summed E-state index contributed by atoms with van der Waals surface area (Å²) in [6, 6.07) is 13.0. The first-order valence-corrected chi connectivity index (χ1v) is 8.40. The van der Waals surface area contributed by atoms with E-state index in [1.54, 1.807) is 11.3 Å². The molecule has 0 spiro atoms. The van der Waals surface area contributed by atoms with Gasteiger partial charge in [-0.05, 0) is 58.5 Å². The SMILES string of the molecule is NC1(Cc2ccc(Br)s2)CCCCc2ccccc21. The molecule has 0 radical (unpaired) electrons. The van der Waals surface area contributed by atoms with Gasteiger partial charge >= 0.3 is 0 Å². The van der Waals surface area contributed by atoms with Gasteiger partial charge in [0.1, 0.15) is 0 Å². The summed E-state index contributed by atoms with van der Waals surface area (Å²) in [5.74, 6) is 0. The minimum absolute atomic E-state index is 0.197. The van der Waals surface area contributed by atoms with E-state index in [-0.39, 0.29) is 5.54 Å². The second kappa shape index (κ2) is 5.39. The third kappa shape index (κ3) is 2.78. The molecule has 2 N–H and O–H groups in total. The van der Waals surface area contributed by atoms with E-state index >= 15 is 0 Å². The largest absolute Gasteiger partial charge is 0.321 e. The monoisotopic (exact) mass is 335 g/mol. The van der Waals surface area contributed by atoms with Crippen molar-refractivity contribution < 1.29 is 0 Å². The van der Waals surface area contributed by atoms with Crippen LogP contribution in [0.4, 0.5) is 0 Å². The molecule has 0 saturated heterocycles. The highest BCUT2D eigenvalue weighted by Crippen LogP contribution is 2.36. The molecule has 1 aliphatic carbocycles. The normalized spacial score (nSPS) is 22.8. The Balaban J connectivity index is 1.97. The van der Waals surface area contributed by atoms with Gasteiger partial charge in [-0.25, -0.2) is 0 Å². The Morgan fingerprint density at radius 3 is 2.79 bits per heavy atom. The van der Waals surface area contributed by atoms with E-state index in [0.717, 1.165) is 12.8 Å². The van der Waals surface area contributed by atoms with Gasteiger partial charge in [0.25, 0.3) is 0 Å². The molecule has 19 heavy (non-hydrogen) atoms. The minimum atomic E-state index is -0.197. The Labute approximate surface area is 127 Å². The molecule has 1 aromatic heterocycles. The summed E-state index contributed by atoms with van der Waals surface area (Å²) in [4.78, 5) is 1.37. The number of nitrogens with two attached hydrogens (primary N) is 1. The Morgan fingerprint density at radius 2 is 2.00 bits per heavy atom. The lowest BCUT2D eigenvalue weighted by atomic mass is 9.82. The summed E-state index contributed by atoms with van der Waals surface area (Å²) in [6.07, 6.45) is 5.67. The van der Waals surface area contributed by atoms with E-state index in [4.69, 9.17) is 5.73 Å². The van der Waals surface area contributed by atoms with Crippen LogP contribution in [0.15, 0.2) is 40.2 Å². The van der Waals surface area contributed by atoms with Crippen molar-refractivity contribution in [3.05, 3.63) is 56.2 Å². The zero-order valence-corrected chi connectivity index (χ0v) is 13.3. The average Bonchev–Trinajstić information content (AvgIpc) is 2.72. The maximum absolute atomic E-state index is 6.80. The summed E-state index contributed by atoms with van der Waals surface area (Å²) in [5, 5.41) is 0. The zero-order chi connectivity index (χ0) is 13.3. The van der Waals surface area contributed by atoms with Crippen molar-refractivity contribution in [2.45, 2.75) is 37.6 Å². The van der Waals surface area contributed by atoms with E-state index in [9.17, 15) is 0 Å². The van der Waals surface area contributed by atoms with E-state index in [1.165, 1.54) is 39.1 Å². The van der Waals surface area contributed by atoms with Crippen molar-refractivity contribution in [2.24, 2.45) is 5.73 Å². The first-order valence-electron chi connectivity index (χ1n) is 6.79. The molecule has 3 heteroatoms. The molecule has 2 aromatic rings. The number of rotatable bonds is 2. The molecule has 1 nitrogen and oxygen atoms in total. The Bertz CT molecular complexity index is 578. The van der Waals surface area contributed by atoms with E-state index < -0.39 is 0 Å². The van der Waals surface area contributed by atoms with Crippen LogP contribution in [-0.4, -0.2) is 0 Å². The van der Waals surface area contributed by atoms with Gasteiger partial charge in [0.15, 0.2) is 0 Å². The van der Waals surface area contributed by atoms with Gasteiger partial charge in [-0.15, -0.1) is 11.3 Å². The van der Waals surface area contributed by atoms with Crippen LogP contribution >= 0.6 is 27.3 Å². The predicted octanol–water partition coefficient (Wildman–Crippen LogP) is 4.63. The molecule has 1 unspecified atom stereocenters. The fourth-order valence-corrected chi connectivity index (χ4v) is 4.66. The molecule has 1 aromatic carbocycles. The summed E-state index contributed by atoms with van der Waals surface area (Å²) >= 11 is 5.34. The van der Waals surface area contributed by atoms with Crippen LogP contribution in [0.5, 0.6) is 0 Å². The van der Waals surface area contributed by atoms with Crippen LogP contribution in [-0.2, 0) is 18.4 Å². The van der Waals surface area contributed by atoms with Gasteiger partial charge in [-0.1, -0.05) is 30.7 Å². The van der Waals surface area contributed by atoms with Crippen LogP contribution in [0.1, 0.15) is 35.3 Å². The summed E-state index contributed by atoms with van der Waals surface area (Å²) in [5.41, 5.74) is 9.41. The standard InChI is InChI=1S/C16H18BrNS/c17-15-9-8-13(19-15)11-16(18)10-4-3-6-12-5-1-2-7-14(12)16/h1-2,5,7-9H,3-4,6,10-11,18H2. The lowest BCUT2D eigenvalue weighted by molar-refractivity contribution is 0.401. The molecule has 3 rings (SSSR count). The molecule has 1 heterocycles. The van der Waals surface area contributed by atoms with Gasteiger partial charge < -0.3 is 5.73 Å². The van der Waals surface area contributed by atoms with Crippen LogP contribution in [0, 0.1) is 0 Å². The van der Waals surface area contributed by atoms with Crippen LogP contribution in [0.25, 0.3) is 0 Å². The Kier molecular flexibility index (Phi) is 3.79. The van der Waals surface area contributed by atoms with E-state index in [0.29, 0.717) is 0 Å². The fourth-order valence-electron chi connectivity index (χ4n) is 3.06. The molecular weight excluding hydrogens is 318 g/mol. The van der Waals surface area contributed by atoms with Gasteiger partial charge in [-0.2, -0.15) is 0 Å². The van der Waals surface area contributed by atoms with Gasteiger partial charge in [0.2, 0.25) is 0 Å². The highest BCUT2D eigenvalue weighted by molar-refractivity contribution is 9.11. The van der Waals surface area contributed by atoms with Crippen LogP contribution in [0.2, 0.25) is 0 Å². The number of aryl methyl sites for hydroxylation is 1. The lowest BCUT2D eigenvalue weighted by Gasteiger charge is -2.30. The Hall–Kier alpha value is -0.640. The number of thiophene rings is 1. The van der Waals surface area contributed by atoms with Crippen molar-refractivity contribution in [3.8, 4) is 0 Å². The number of fused-ring (bicyclic) bond motifs is 1. The minimum Gasteiger partial charge on any atom is -0.321 e. The van der Waals surface area contributed by atoms with E-state index in [1.807, 2.05) is 0 Å². The zero-order valence-electron chi connectivity index (χ0n) is 10.9. The molecule has 0 aliphatic heterocycles. The van der Waals surface area contributed by atoms with E-state index in [2.05, 4.69) is 52.3 Å². The highest BCUT2D eigenvalue weighted by Gasteiger charge is 2.31. The number of benzene rings is 1. The van der Waals surface area contributed by atoms with Gasteiger partial charge in [0.05, 0.1) is 3.79 Å². The first-order chi connectivity index (χ1) is 9.17. The molecule has 1 atom stereocenters. The average molecular weight is 336 g/mol. The lowest BCUT2D eigenvalue weighted by Crippen LogP contribution is -2.39. The van der Waals surface area contributed by atoms with Crippen molar-refractivity contribution in [2.75, 3.05) is 0 Å². The first kappa shape index (κ1) is 13.3. The molecule has 0 amide bonds. The van der Waals surface area contributed by atoms with Gasteiger partial charge in [-0.3, -0.25) is 0 Å². The van der Waals surface area contributed by atoms with Crippen molar-refractivity contribution >= 4 is 27.3 Å². The summed E-state index contributed by atoms with van der Waals surface area (Å²) in [6.45, 7) is 0. The number of halogens is 1. The molecule has 0 fully saturated rings. The second-order valence-electron chi connectivity index (χ2n) is 5.40. The van der Waals surface area contributed by atoms with Crippen LogP contribution < -0.4 is 5.73 Å². The van der Waals surface area contributed by atoms with Gasteiger partial charge in [0, 0.05) is 16.8 Å². The second-order valence-corrected chi connectivity index (χ2v) is 7.95. The summed E-state index contributed by atoms with van der Waals surface area (Å²) in [7, 11) is 0. The maximum atomic E-state index is 6.80. The molecule has 0 bridgehead atoms. The topological polar surface area (TPSA) is 26.0 Å². The number of hydrogen-bond donors (Lipinski definition) is 1. The summed E-state index contributed by atoms with van der Waals surface area (Å²) < 4.78 is 1.19. The van der Waals surface area contributed by atoms with Crippen LogP contribution in [0.3, 0.4) is 0 Å². The predicted molar refractivity (Wildman–Crippen MR) is 85.6 cm³/mol. The third-order valence-electron chi connectivity index (χ3n) is 3.99. The van der Waals surface area contributed by atoms with Crippen molar-refractivity contribution in [3.63, 3.8) is 0 Å². The van der Waals surface area contributed by atoms with Crippen molar-refractivity contribution in [1.29, 1.82) is 0 Å². The molecule has 100 valence electrons.